The van der Waals surface area contributed by atoms with Gasteiger partial charge in [0.25, 0.3) is 0 Å². The zero-order chi connectivity index (χ0) is 11.1. The average Bonchev–Trinajstić information content (AvgIpc) is 2.28. The molecule has 1 unspecified atom stereocenters. The maximum Gasteiger partial charge on any atom is 0.119 e. The van der Waals surface area contributed by atoms with E-state index in [4.69, 9.17) is 14.6 Å². The van der Waals surface area contributed by atoms with Gasteiger partial charge in [0.1, 0.15) is 12.4 Å². The minimum absolute atomic E-state index is 0.0992. The Morgan fingerprint density at radius 1 is 1.27 bits per heavy atom. The van der Waals surface area contributed by atoms with Crippen molar-refractivity contribution < 1.29 is 14.6 Å². The van der Waals surface area contributed by atoms with Crippen molar-refractivity contribution >= 4 is 0 Å². The lowest BCUT2D eigenvalue weighted by Crippen LogP contribution is -2.15. The van der Waals surface area contributed by atoms with Crippen molar-refractivity contribution in [1.29, 1.82) is 0 Å². The molecule has 3 nitrogen and oxygen atoms in total. The number of hydrogen-bond acceptors (Lipinski definition) is 3. The summed E-state index contributed by atoms with van der Waals surface area (Å²) in [6.07, 6.45) is 0.788. The Labute approximate surface area is 90.6 Å². The number of methoxy groups -OCH3 is 1. The quantitative estimate of drug-likeness (QED) is 0.775. The van der Waals surface area contributed by atoms with Gasteiger partial charge < -0.3 is 14.6 Å². The van der Waals surface area contributed by atoms with Crippen molar-refractivity contribution in [1.82, 2.24) is 0 Å². The fraction of sp³-hybridized carbons (Fsp3) is 0.500. The smallest absolute Gasteiger partial charge is 0.119 e. The molecule has 0 saturated carbocycles. The van der Waals surface area contributed by atoms with Gasteiger partial charge in [-0.1, -0.05) is 12.1 Å². The molecule has 0 spiro atoms. The molecule has 0 saturated heterocycles. The first-order valence-electron chi connectivity index (χ1n) is 5.11. The normalized spacial score (nSPS) is 12.5. The van der Waals surface area contributed by atoms with Crippen LogP contribution in [-0.4, -0.2) is 31.5 Å². The predicted molar refractivity (Wildman–Crippen MR) is 59.2 cm³/mol. The van der Waals surface area contributed by atoms with E-state index in [0.29, 0.717) is 13.0 Å². The van der Waals surface area contributed by atoms with Crippen LogP contribution in [0.25, 0.3) is 0 Å². The summed E-state index contributed by atoms with van der Waals surface area (Å²) >= 11 is 0. The van der Waals surface area contributed by atoms with Gasteiger partial charge in [0.05, 0.1) is 6.10 Å². The summed E-state index contributed by atoms with van der Waals surface area (Å²) in [6.45, 7) is 2.69. The first-order valence-corrected chi connectivity index (χ1v) is 5.11. The number of rotatable bonds is 6. The van der Waals surface area contributed by atoms with Gasteiger partial charge in [-0.15, -0.1) is 0 Å². The summed E-state index contributed by atoms with van der Waals surface area (Å²) in [5.74, 6) is 0.834. The Bertz CT molecular complexity index is 269. The number of aliphatic hydroxyl groups excluding tert-OH is 1. The van der Waals surface area contributed by atoms with Crippen LogP contribution in [0.2, 0.25) is 0 Å². The van der Waals surface area contributed by atoms with Gasteiger partial charge in [-0.25, -0.2) is 0 Å². The summed E-state index contributed by atoms with van der Waals surface area (Å²) in [5.41, 5.74) is 1.12. The zero-order valence-electron chi connectivity index (χ0n) is 9.27. The van der Waals surface area contributed by atoms with Crippen LogP contribution in [0.15, 0.2) is 24.3 Å². The monoisotopic (exact) mass is 210 g/mol. The Morgan fingerprint density at radius 2 is 1.93 bits per heavy atom. The maximum atomic E-state index is 8.75. The third kappa shape index (κ3) is 4.32. The Balaban J connectivity index is 2.42. The van der Waals surface area contributed by atoms with Gasteiger partial charge >= 0.3 is 0 Å². The summed E-state index contributed by atoms with van der Waals surface area (Å²) in [7, 11) is 1.67. The minimum atomic E-state index is 0.0992. The van der Waals surface area contributed by atoms with Gasteiger partial charge in [0, 0.05) is 13.7 Å². The van der Waals surface area contributed by atoms with E-state index in [1.807, 2.05) is 31.2 Å². The fourth-order valence-corrected chi connectivity index (χ4v) is 1.16. The number of ether oxygens (including phenoxy) is 2. The molecule has 1 aromatic rings. The van der Waals surface area contributed by atoms with Crippen molar-refractivity contribution in [2.45, 2.75) is 19.4 Å². The summed E-state index contributed by atoms with van der Waals surface area (Å²) < 4.78 is 10.6. The maximum absolute atomic E-state index is 8.75. The van der Waals surface area contributed by atoms with Gasteiger partial charge in [0.2, 0.25) is 0 Å². The first-order chi connectivity index (χ1) is 7.26. The Hall–Kier alpha value is -1.06. The molecule has 15 heavy (non-hydrogen) atoms. The molecule has 0 fully saturated rings. The van der Waals surface area contributed by atoms with Gasteiger partial charge in [-0.3, -0.25) is 0 Å². The van der Waals surface area contributed by atoms with E-state index in [2.05, 4.69) is 0 Å². The lowest BCUT2D eigenvalue weighted by Gasteiger charge is -2.11. The predicted octanol–water partition coefficient (Wildman–Crippen LogP) is 1.64. The average molecular weight is 210 g/mol. The number of aliphatic hydroxyl groups is 1. The van der Waals surface area contributed by atoms with Crippen LogP contribution in [0.4, 0.5) is 0 Å². The van der Waals surface area contributed by atoms with E-state index < -0.39 is 0 Å². The molecule has 3 heteroatoms. The highest BCUT2D eigenvalue weighted by molar-refractivity contribution is 5.27. The molecule has 0 bridgehead atoms. The summed E-state index contributed by atoms with van der Waals surface area (Å²) in [4.78, 5) is 0. The van der Waals surface area contributed by atoms with Crippen molar-refractivity contribution in [3.63, 3.8) is 0 Å². The molecular weight excluding hydrogens is 192 g/mol. The van der Waals surface area contributed by atoms with E-state index >= 15 is 0 Å². The summed E-state index contributed by atoms with van der Waals surface area (Å²) in [5, 5.41) is 8.75. The van der Waals surface area contributed by atoms with Crippen LogP contribution in [0.5, 0.6) is 5.75 Å². The molecule has 1 rings (SSSR count). The van der Waals surface area contributed by atoms with Crippen molar-refractivity contribution in [3.05, 3.63) is 29.8 Å². The van der Waals surface area contributed by atoms with Crippen LogP contribution in [0.1, 0.15) is 12.5 Å². The molecule has 0 radical (unpaired) electrons. The number of benzene rings is 1. The topological polar surface area (TPSA) is 38.7 Å². The lowest BCUT2D eigenvalue weighted by molar-refractivity contribution is 0.0716. The molecule has 0 aliphatic heterocycles. The second-order valence-electron chi connectivity index (χ2n) is 3.47. The standard InChI is InChI=1S/C12H18O3/c1-10(14-2)9-15-12-5-3-11(4-6-12)7-8-13/h3-6,10,13H,7-9H2,1-2H3. The molecular formula is C12H18O3. The second kappa shape index (κ2) is 6.43. The SMILES string of the molecule is COC(C)COc1ccc(CCO)cc1. The van der Waals surface area contributed by atoms with Crippen molar-refractivity contribution in [2.24, 2.45) is 0 Å². The third-order valence-corrected chi connectivity index (χ3v) is 2.21. The van der Waals surface area contributed by atoms with Gasteiger partial charge in [-0.2, -0.15) is 0 Å². The molecule has 0 aliphatic rings. The molecule has 1 aromatic carbocycles. The van der Waals surface area contributed by atoms with E-state index in [1.54, 1.807) is 7.11 Å². The molecule has 0 amide bonds. The highest BCUT2D eigenvalue weighted by Crippen LogP contribution is 2.12. The molecule has 84 valence electrons. The molecule has 1 atom stereocenters. The first kappa shape index (κ1) is 12.0. The van der Waals surface area contributed by atoms with Crippen LogP contribution >= 0.6 is 0 Å². The summed E-state index contributed by atoms with van der Waals surface area (Å²) in [6, 6.07) is 7.74. The Kier molecular flexibility index (Phi) is 5.15. The van der Waals surface area contributed by atoms with Crippen LogP contribution in [0.3, 0.4) is 0 Å². The fourth-order valence-electron chi connectivity index (χ4n) is 1.16. The van der Waals surface area contributed by atoms with Gasteiger partial charge in [-0.05, 0) is 31.0 Å². The van der Waals surface area contributed by atoms with E-state index in [-0.39, 0.29) is 12.7 Å². The molecule has 0 heterocycles. The molecule has 1 N–H and O–H groups in total. The second-order valence-corrected chi connectivity index (χ2v) is 3.47. The molecule has 0 aliphatic carbocycles. The lowest BCUT2D eigenvalue weighted by atomic mass is 10.1. The van der Waals surface area contributed by atoms with E-state index in [0.717, 1.165) is 11.3 Å². The number of hydrogen-bond donors (Lipinski definition) is 1. The third-order valence-electron chi connectivity index (χ3n) is 2.21. The van der Waals surface area contributed by atoms with Crippen molar-refractivity contribution in [3.8, 4) is 5.75 Å². The van der Waals surface area contributed by atoms with Crippen LogP contribution in [0, 0.1) is 0 Å². The van der Waals surface area contributed by atoms with E-state index in [1.165, 1.54) is 0 Å². The van der Waals surface area contributed by atoms with Crippen LogP contribution in [-0.2, 0) is 11.2 Å². The van der Waals surface area contributed by atoms with Gasteiger partial charge in [0.15, 0.2) is 0 Å². The highest BCUT2D eigenvalue weighted by Gasteiger charge is 2.00. The Morgan fingerprint density at radius 3 is 2.47 bits per heavy atom. The minimum Gasteiger partial charge on any atom is -0.491 e. The molecule has 0 aromatic heterocycles. The largest absolute Gasteiger partial charge is 0.491 e. The zero-order valence-corrected chi connectivity index (χ0v) is 9.27. The van der Waals surface area contributed by atoms with Crippen molar-refractivity contribution in [2.75, 3.05) is 20.3 Å². The van der Waals surface area contributed by atoms with E-state index in [9.17, 15) is 0 Å². The highest BCUT2D eigenvalue weighted by atomic mass is 16.5. The van der Waals surface area contributed by atoms with Crippen LogP contribution < -0.4 is 4.74 Å².